The van der Waals surface area contributed by atoms with E-state index in [2.05, 4.69) is 0 Å². The monoisotopic (exact) mass is 280 g/mol. The SMILES string of the molecule is CCC(F)(F)C(F)(F)C(F)(F)C(F)C(F)(F)F. The molecule has 0 amide bonds. The van der Waals surface area contributed by atoms with Crippen molar-refractivity contribution in [3.8, 4) is 0 Å². The standard InChI is InChI=1S/C7H6F10/c1-2-4(9,10)7(16,17)5(11,12)3(8)6(13,14)15/h3H,2H2,1H3. The minimum Gasteiger partial charge on any atom is -0.230 e. The van der Waals surface area contributed by atoms with Crippen molar-refractivity contribution >= 4 is 0 Å². The van der Waals surface area contributed by atoms with Crippen LogP contribution in [0.3, 0.4) is 0 Å². The molecule has 0 nitrogen and oxygen atoms in total. The van der Waals surface area contributed by atoms with Gasteiger partial charge in [0.1, 0.15) is 0 Å². The molecule has 0 N–H and O–H groups in total. The molecule has 0 aromatic carbocycles. The second-order valence-corrected chi connectivity index (χ2v) is 3.16. The molecule has 0 aromatic heterocycles. The van der Waals surface area contributed by atoms with Crippen LogP contribution in [-0.4, -0.2) is 30.1 Å². The third-order valence-corrected chi connectivity index (χ3v) is 1.93. The lowest BCUT2D eigenvalue weighted by Gasteiger charge is -2.34. The van der Waals surface area contributed by atoms with E-state index in [0.717, 1.165) is 0 Å². The summed E-state index contributed by atoms with van der Waals surface area (Å²) in [4.78, 5) is 0. The largest absolute Gasteiger partial charge is 0.425 e. The molecule has 0 aromatic rings. The number of halogens is 10. The summed E-state index contributed by atoms with van der Waals surface area (Å²) >= 11 is 0. The van der Waals surface area contributed by atoms with E-state index in [1.54, 1.807) is 0 Å². The third kappa shape index (κ3) is 2.59. The molecule has 0 aliphatic heterocycles. The number of hydrogen-bond acceptors (Lipinski definition) is 0. The Morgan fingerprint density at radius 3 is 1.41 bits per heavy atom. The molecule has 0 heterocycles. The van der Waals surface area contributed by atoms with Crippen molar-refractivity contribution in [2.24, 2.45) is 0 Å². The summed E-state index contributed by atoms with van der Waals surface area (Å²) in [5.41, 5.74) is 0. The van der Waals surface area contributed by atoms with Crippen molar-refractivity contribution in [2.75, 3.05) is 0 Å². The number of rotatable bonds is 4. The van der Waals surface area contributed by atoms with Gasteiger partial charge in [0.15, 0.2) is 0 Å². The van der Waals surface area contributed by atoms with Crippen molar-refractivity contribution < 1.29 is 43.9 Å². The van der Waals surface area contributed by atoms with E-state index in [4.69, 9.17) is 0 Å². The summed E-state index contributed by atoms with van der Waals surface area (Å²) in [5.74, 6) is -18.4. The van der Waals surface area contributed by atoms with Crippen LogP contribution < -0.4 is 0 Å². The van der Waals surface area contributed by atoms with Gasteiger partial charge in [-0.2, -0.15) is 39.5 Å². The zero-order valence-electron chi connectivity index (χ0n) is 8.06. The first-order valence-electron chi connectivity index (χ1n) is 4.06. The second kappa shape index (κ2) is 4.20. The Kier molecular flexibility index (Phi) is 4.03. The van der Waals surface area contributed by atoms with Crippen LogP contribution in [-0.2, 0) is 0 Å². The Balaban J connectivity index is 5.45. The lowest BCUT2D eigenvalue weighted by molar-refractivity contribution is -0.356. The average Bonchev–Trinajstić information content (AvgIpc) is 2.14. The predicted molar refractivity (Wildman–Crippen MR) is 36.1 cm³/mol. The Hall–Kier alpha value is -0.700. The van der Waals surface area contributed by atoms with Gasteiger partial charge in [0.25, 0.3) is 6.17 Å². The van der Waals surface area contributed by atoms with Crippen LogP contribution in [0.2, 0.25) is 0 Å². The molecule has 0 saturated carbocycles. The Labute approximate surface area is 88.6 Å². The van der Waals surface area contributed by atoms with Crippen molar-refractivity contribution in [2.45, 2.75) is 43.5 Å². The van der Waals surface area contributed by atoms with Gasteiger partial charge < -0.3 is 0 Å². The van der Waals surface area contributed by atoms with Crippen molar-refractivity contribution in [3.63, 3.8) is 0 Å². The van der Waals surface area contributed by atoms with Crippen LogP contribution in [0.5, 0.6) is 0 Å². The zero-order chi connectivity index (χ0) is 14.3. The Morgan fingerprint density at radius 2 is 1.18 bits per heavy atom. The molecule has 10 heteroatoms. The first kappa shape index (κ1) is 16.3. The van der Waals surface area contributed by atoms with Crippen LogP contribution in [0.1, 0.15) is 13.3 Å². The fourth-order valence-corrected chi connectivity index (χ4v) is 0.831. The Bertz CT molecular complexity index is 264. The van der Waals surface area contributed by atoms with Gasteiger partial charge in [-0.15, -0.1) is 0 Å². The van der Waals surface area contributed by atoms with Gasteiger partial charge in [0, 0.05) is 6.42 Å². The average molecular weight is 280 g/mol. The number of hydrogen-bond donors (Lipinski definition) is 0. The highest BCUT2D eigenvalue weighted by Gasteiger charge is 2.77. The molecule has 17 heavy (non-hydrogen) atoms. The minimum absolute atomic E-state index is 0.352. The van der Waals surface area contributed by atoms with E-state index in [1.165, 1.54) is 0 Å². The van der Waals surface area contributed by atoms with Crippen LogP contribution in [0.15, 0.2) is 0 Å². The molecule has 0 aliphatic rings. The van der Waals surface area contributed by atoms with E-state index in [9.17, 15) is 43.9 Å². The van der Waals surface area contributed by atoms with Crippen LogP contribution in [0.25, 0.3) is 0 Å². The first-order chi connectivity index (χ1) is 7.22. The van der Waals surface area contributed by atoms with E-state index in [0.29, 0.717) is 6.92 Å². The lowest BCUT2D eigenvalue weighted by atomic mass is 9.98. The maximum Gasteiger partial charge on any atom is 0.425 e. The van der Waals surface area contributed by atoms with Crippen molar-refractivity contribution in [1.82, 2.24) is 0 Å². The van der Waals surface area contributed by atoms with Gasteiger partial charge in [-0.1, -0.05) is 6.92 Å². The molecular weight excluding hydrogens is 274 g/mol. The summed E-state index contributed by atoms with van der Waals surface area (Å²) in [6.45, 7) is 0.352. The molecule has 0 rings (SSSR count). The highest BCUT2D eigenvalue weighted by Crippen LogP contribution is 2.52. The van der Waals surface area contributed by atoms with E-state index in [1.807, 2.05) is 0 Å². The molecule has 0 saturated heterocycles. The van der Waals surface area contributed by atoms with Gasteiger partial charge >= 0.3 is 23.9 Å². The summed E-state index contributed by atoms with van der Waals surface area (Å²) in [5, 5.41) is 0. The first-order valence-corrected chi connectivity index (χ1v) is 4.06. The highest BCUT2D eigenvalue weighted by molar-refractivity contribution is 5.01. The molecule has 0 aliphatic carbocycles. The molecule has 0 spiro atoms. The molecule has 1 atom stereocenters. The van der Waals surface area contributed by atoms with Gasteiger partial charge in [-0.05, 0) is 0 Å². The summed E-state index contributed by atoms with van der Waals surface area (Å²) in [6.07, 6.45) is -13.6. The third-order valence-electron chi connectivity index (χ3n) is 1.93. The molecule has 1 unspecified atom stereocenters. The van der Waals surface area contributed by atoms with Gasteiger partial charge in [-0.3, -0.25) is 0 Å². The van der Waals surface area contributed by atoms with Gasteiger partial charge in [-0.25, -0.2) is 4.39 Å². The van der Waals surface area contributed by atoms with Crippen molar-refractivity contribution in [1.29, 1.82) is 0 Å². The minimum atomic E-state index is -6.55. The molecule has 0 bridgehead atoms. The topological polar surface area (TPSA) is 0 Å². The number of alkyl halides is 10. The fourth-order valence-electron chi connectivity index (χ4n) is 0.831. The van der Waals surface area contributed by atoms with Crippen LogP contribution in [0, 0.1) is 0 Å². The molecule has 104 valence electrons. The summed E-state index contributed by atoms with van der Waals surface area (Å²) < 4.78 is 122. The van der Waals surface area contributed by atoms with E-state index in [-0.39, 0.29) is 0 Å². The lowest BCUT2D eigenvalue weighted by Crippen LogP contribution is -2.61. The van der Waals surface area contributed by atoms with Crippen molar-refractivity contribution in [3.05, 3.63) is 0 Å². The summed E-state index contributed by atoms with van der Waals surface area (Å²) in [7, 11) is 0. The van der Waals surface area contributed by atoms with Gasteiger partial charge in [0.2, 0.25) is 0 Å². The zero-order valence-corrected chi connectivity index (χ0v) is 8.06. The van der Waals surface area contributed by atoms with Gasteiger partial charge in [0.05, 0.1) is 0 Å². The van der Waals surface area contributed by atoms with Crippen LogP contribution >= 0.6 is 0 Å². The summed E-state index contributed by atoms with van der Waals surface area (Å²) in [6, 6.07) is 0. The molecule has 0 radical (unpaired) electrons. The Morgan fingerprint density at radius 1 is 0.824 bits per heavy atom. The van der Waals surface area contributed by atoms with E-state index >= 15 is 0 Å². The molecular formula is C7H6F10. The molecule has 0 fully saturated rings. The highest BCUT2D eigenvalue weighted by atomic mass is 19.4. The maximum absolute atomic E-state index is 12.5. The fraction of sp³-hybridized carbons (Fsp3) is 1.00. The quantitative estimate of drug-likeness (QED) is 0.677. The van der Waals surface area contributed by atoms with E-state index < -0.39 is 36.5 Å². The normalized spacial score (nSPS) is 17.1. The second-order valence-electron chi connectivity index (χ2n) is 3.16. The smallest absolute Gasteiger partial charge is 0.230 e. The maximum atomic E-state index is 12.5. The predicted octanol–water partition coefficient (Wildman–Crippen LogP) is 4.20. The van der Waals surface area contributed by atoms with Crippen LogP contribution in [0.4, 0.5) is 43.9 Å².